The molecule has 1 N–H and O–H groups in total. The fraction of sp³-hybridized carbons (Fsp3) is 0.818. The number of rotatable bonds is 4. The van der Waals surface area contributed by atoms with Crippen LogP contribution in [0.25, 0.3) is 0 Å². The predicted molar refractivity (Wildman–Crippen MR) is 66.3 cm³/mol. The second-order valence-corrected chi connectivity index (χ2v) is 4.88. The Hall–Kier alpha value is -0.650. The molecule has 2 aliphatic rings. The first-order chi connectivity index (χ1) is 7.83. The summed E-state index contributed by atoms with van der Waals surface area (Å²) in [4.78, 5) is 6.74. The lowest BCUT2D eigenvalue weighted by Crippen LogP contribution is -2.32. The van der Waals surface area contributed by atoms with E-state index in [0.29, 0.717) is 12.0 Å². The van der Waals surface area contributed by atoms with Crippen molar-refractivity contribution in [2.75, 3.05) is 20.1 Å². The highest BCUT2D eigenvalue weighted by molar-refractivity contribution is 5.85. The molecule has 17 heavy (non-hydrogen) atoms. The first-order valence-electron chi connectivity index (χ1n) is 6.06. The maximum absolute atomic E-state index is 5.27. The lowest BCUT2D eigenvalue weighted by Gasteiger charge is -2.21. The Morgan fingerprint density at radius 1 is 1.41 bits per heavy atom. The third kappa shape index (κ3) is 2.97. The Morgan fingerprint density at radius 3 is 2.88 bits per heavy atom. The fourth-order valence-corrected chi connectivity index (χ4v) is 2.20. The van der Waals surface area contributed by atoms with E-state index in [1.54, 1.807) is 0 Å². The molecule has 0 radical (unpaired) electrons. The molecule has 0 aromatic carbocycles. The first kappa shape index (κ1) is 12.8. The Morgan fingerprint density at radius 2 is 2.24 bits per heavy atom. The quantitative estimate of drug-likeness (QED) is 0.879. The van der Waals surface area contributed by atoms with E-state index in [-0.39, 0.29) is 12.4 Å². The van der Waals surface area contributed by atoms with Gasteiger partial charge in [0.15, 0.2) is 5.82 Å². The molecule has 1 aliphatic carbocycles. The van der Waals surface area contributed by atoms with Crippen molar-refractivity contribution in [3.05, 3.63) is 11.7 Å². The van der Waals surface area contributed by atoms with Gasteiger partial charge in [-0.05, 0) is 32.9 Å². The van der Waals surface area contributed by atoms with Crippen LogP contribution < -0.4 is 5.32 Å². The number of halogens is 1. The molecule has 2 fully saturated rings. The van der Waals surface area contributed by atoms with Gasteiger partial charge in [0.25, 0.3) is 0 Å². The summed E-state index contributed by atoms with van der Waals surface area (Å²) < 4.78 is 5.27. The van der Waals surface area contributed by atoms with Crippen LogP contribution in [0.3, 0.4) is 0 Å². The van der Waals surface area contributed by atoms with E-state index in [9.17, 15) is 0 Å². The van der Waals surface area contributed by atoms with E-state index in [4.69, 9.17) is 4.52 Å². The van der Waals surface area contributed by atoms with E-state index in [1.807, 2.05) is 0 Å². The molecule has 0 spiro atoms. The lowest BCUT2D eigenvalue weighted by atomic mass is 10.2. The van der Waals surface area contributed by atoms with Crippen LogP contribution in [0, 0.1) is 0 Å². The van der Waals surface area contributed by atoms with Crippen LogP contribution in [0.1, 0.15) is 36.9 Å². The van der Waals surface area contributed by atoms with Gasteiger partial charge < -0.3 is 9.84 Å². The van der Waals surface area contributed by atoms with Gasteiger partial charge in [-0.15, -0.1) is 12.4 Å². The zero-order valence-electron chi connectivity index (χ0n) is 10.1. The minimum atomic E-state index is 0. The summed E-state index contributed by atoms with van der Waals surface area (Å²) in [5.41, 5.74) is 0. The van der Waals surface area contributed by atoms with E-state index in [2.05, 4.69) is 27.4 Å². The zero-order chi connectivity index (χ0) is 11.0. The van der Waals surface area contributed by atoms with Crippen molar-refractivity contribution in [3.63, 3.8) is 0 Å². The van der Waals surface area contributed by atoms with Crippen molar-refractivity contribution in [1.29, 1.82) is 0 Å². The van der Waals surface area contributed by atoms with Crippen LogP contribution >= 0.6 is 12.4 Å². The third-order valence-corrected chi connectivity index (χ3v) is 3.47. The summed E-state index contributed by atoms with van der Waals surface area (Å²) in [6.07, 6.45) is 3.66. The Kier molecular flexibility index (Phi) is 4.01. The first-order valence-corrected chi connectivity index (χ1v) is 6.06. The molecule has 0 amide bonds. The fourth-order valence-electron chi connectivity index (χ4n) is 2.20. The molecule has 1 unspecified atom stereocenters. The molecule has 3 rings (SSSR count). The molecule has 1 aliphatic heterocycles. The van der Waals surface area contributed by atoms with Gasteiger partial charge in [-0.1, -0.05) is 5.16 Å². The van der Waals surface area contributed by atoms with Gasteiger partial charge in [0.05, 0.1) is 6.54 Å². The normalized spacial score (nSPS) is 24.0. The van der Waals surface area contributed by atoms with E-state index >= 15 is 0 Å². The van der Waals surface area contributed by atoms with Crippen molar-refractivity contribution < 1.29 is 4.52 Å². The second-order valence-electron chi connectivity index (χ2n) is 4.88. The van der Waals surface area contributed by atoms with Crippen molar-refractivity contribution in [2.24, 2.45) is 0 Å². The number of nitrogens with zero attached hydrogens (tertiary/aromatic N) is 3. The van der Waals surface area contributed by atoms with E-state index in [1.165, 1.54) is 19.3 Å². The molecule has 1 aromatic rings. The highest BCUT2D eigenvalue weighted by atomic mass is 35.5. The molecule has 1 atom stereocenters. The number of hydrogen-bond acceptors (Lipinski definition) is 5. The van der Waals surface area contributed by atoms with Crippen LogP contribution in [0.2, 0.25) is 0 Å². The summed E-state index contributed by atoms with van der Waals surface area (Å²) in [5, 5.41) is 7.39. The summed E-state index contributed by atoms with van der Waals surface area (Å²) in [5.74, 6) is 2.25. The lowest BCUT2D eigenvalue weighted by molar-refractivity contribution is 0.214. The monoisotopic (exact) mass is 258 g/mol. The summed E-state index contributed by atoms with van der Waals surface area (Å²) in [6.45, 7) is 2.96. The molecule has 96 valence electrons. The van der Waals surface area contributed by atoms with E-state index < -0.39 is 0 Å². The van der Waals surface area contributed by atoms with Gasteiger partial charge in [-0.2, -0.15) is 4.98 Å². The van der Waals surface area contributed by atoms with Crippen molar-refractivity contribution >= 4 is 12.4 Å². The summed E-state index contributed by atoms with van der Waals surface area (Å²) in [7, 11) is 2.12. The average Bonchev–Trinajstić information content (AvgIpc) is 2.82. The van der Waals surface area contributed by atoms with Crippen LogP contribution in [-0.2, 0) is 6.54 Å². The molecule has 6 heteroatoms. The molecule has 0 bridgehead atoms. The highest BCUT2D eigenvalue weighted by Gasteiger charge is 2.29. The van der Waals surface area contributed by atoms with Crippen LogP contribution in [0.15, 0.2) is 4.52 Å². The minimum Gasteiger partial charge on any atom is -0.338 e. The molecule has 1 saturated carbocycles. The third-order valence-electron chi connectivity index (χ3n) is 3.47. The van der Waals surface area contributed by atoms with Gasteiger partial charge in [0.1, 0.15) is 0 Å². The van der Waals surface area contributed by atoms with Gasteiger partial charge in [-0.3, -0.25) is 4.90 Å². The van der Waals surface area contributed by atoms with Crippen LogP contribution in [-0.4, -0.2) is 41.2 Å². The minimum absolute atomic E-state index is 0. The Balaban J connectivity index is 0.00000108. The van der Waals surface area contributed by atoms with Gasteiger partial charge >= 0.3 is 0 Å². The van der Waals surface area contributed by atoms with Crippen molar-refractivity contribution in [2.45, 2.75) is 37.8 Å². The number of likely N-dealkylation sites (N-methyl/N-ethyl adjacent to an activating group) is 1. The molecular formula is C11H19ClN4O. The predicted octanol–water partition coefficient (Wildman–Crippen LogP) is 1.16. The molecule has 1 saturated heterocycles. The number of aromatic nitrogens is 2. The smallest absolute Gasteiger partial charge is 0.240 e. The van der Waals surface area contributed by atoms with Crippen LogP contribution in [0.5, 0.6) is 0 Å². The summed E-state index contributed by atoms with van der Waals surface area (Å²) in [6, 6.07) is 0.608. The standard InChI is InChI=1S/C11H18N4O.ClH/c1-15(9-4-5-12-6-9)7-10-13-11(14-16-10)8-2-3-8;/h8-9,12H,2-7H2,1H3;1H. The molecule has 1 aromatic heterocycles. The number of hydrogen-bond donors (Lipinski definition) is 1. The van der Waals surface area contributed by atoms with Crippen molar-refractivity contribution in [3.8, 4) is 0 Å². The second kappa shape index (κ2) is 5.33. The largest absolute Gasteiger partial charge is 0.338 e. The Bertz CT molecular complexity index is 360. The SMILES string of the molecule is CN(Cc1nc(C2CC2)no1)C1CCNC1.Cl. The summed E-state index contributed by atoms with van der Waals surface area (Å²) >= 11 is 0. The molecule has 5 nitrogen and oxygen atoms in total. The molecular weight excluding hydrogens is 240 g/mol. The Labute approximate surface area is 107 Å². The van der Waals surface area contributed by atoms with Crippen molar-refractivity contribution in [1.82, 2.24) is 20.4 Å². The van der Waals surface area contributed by atoms with Gasteiger partial charge in [-0.25, -0.2) is 0 Å². The highest BCUT2D eigenvalue weighted by Crippen LogP contribution is 2.38. The van der Waals surface area contributed by atoms with E-state index in [0.717, 1.165) is 31.3 Å². The van der Waals surface area contributed by atoms with Crippen LogP contribution in [0.4, 0.5) is 0 Å². The zero-order valence-corrected chi connectivity index (χ0v) is 10.9. The average molecular weight is 259 g/mol. The maximum atomic E-state index is 5.27. The van der Waals surface area contributed by atoms with Gasteiger partial charge in [0, 0.05) is 18.5 Å². The molecule has 2 heterocycles. The van der Waals surface area contributed by atoms with Gasteiger partial charge in [0.2, 0.25) is 5.89 Å². The number of nitrogens with one attached hydrogen (secondary N) is 1. The topological polar surface area (TPSA) is 54.2 Å². The maximum Gasteiger partial charge on any atom is 0.240 e.